The molecule has 17 heavy (non-hydrogen) atoms. The standard InChI is InChI=1S/C12H17NO4/c13-6-5-8-3-1-2-4-9(8)12(17)10(14)7-11(15)16/h1-4,10,12,14,17H,5-7,13H2,(H,15,16). The minimum atomic E-state index is -1.31. The number of carboxylic acid groups (broad SMARTS) is 1. The Morgan fingerprint density at radius 2 is 1.94 bits per heavy atom. The Morgan fingerprint density at radius 1 is 1.29 bits per heavy atom. The molecule has 0 aliphatic heterocycles. The summed E-state index contributed by atoms with van der Waals surface area (Å²) in [7, 11) is 0. The highest BCUT2D eigenvalue weighted by Crippen LogP contribution is 2.23. The van der Waals surface area contributed by atoms with Crippen LogP contribution in [0.2, 0.25) is 0 Å². The molecule has 1 aromatic carbocycles. The lowest BCUT2D eigenvalue weighted by molar-refractivity contribution is -0.141. The fourth-order valence-electron chi connectivity index (χ4n) is 1.70. The SMILES string of the molecule is NCCc1ccccc1C(O)C(O)CC(=O)O. The van der Waals surface area contributed by atoms with E-state index < -0.39 is 24.6 Å². The van der Waals surface area contributed by atoms with Gasteiger partial charge in [0.25, 0.3) is 0 Å². The highest BCUT2D eigenvalue weighted by atomic mass is 16.4. The van der Waals surface area contributed by atoms with Crippen LogP contribution in [0.25, 0.3) is 0 Å². The van der Waals surface area contributed by atoms with Crippen molar-refractivity contribution in [2.75, 3.05) is 6.54 Å². The first-order valence-electron chi connectivity index (χ1n) is 5.42. The number of carbonyl (C=O) groups is 1. The average molecular weight is 239 g/mol. The Kier molecular flexibility index (Phi) is 5.09. The molecule has 5 heteroatoms. The molecule has 0 heterocycles. The van der Waals surface area contributed by atoms with Gasteiger partial charge in [0.2, 0.25) is 0 Å². The van der Waals surface area contributed by atoms with E-state index >= 15 is 0 Å². The number of aliphatic hydroxyl groups excluding tert-OH is 2. The van der Waals surface area contributed by atoms with Gasteiger partial charge in [0.1, 0.15) is 6.10 Å². The first-order chi connectivity index (χ1) is 8.06. The normalized spacial score (nSPS) is 14.3. The zero-order chi connectivity index (χ0) is 12.8. The van der Waals surface area contributed by atoms with Gasteiger partial charge >= 0.3 is 5.97 Å². The molecular weight excluding hydrogens is 222 g/mol. The summed E-state index contributed by atoms with van der Waals surface area (Å²) in [6.45, 7) is 0.429. The molecule has 94 valence electrons. The van der Waals surface area contributed by atoms with E-state index in [1.54, 1.807) is 18.2 Å². The lowest BCUT2D eigenvalue weighted by atomic mass is 9.95. The van der Waals surface area contributed by atoms with Gasteiger partial charge in [0, 0.05) is 0 Å². The molecule has 0 amide bonds. The van der Waals surface area contributed by atoms with Crippen molar-refractivity contribution in [2.24, 2.45) is 5.73 Å². The second-order valence-corrected chi connectivity index (χ2v) is 3.85. The second-order valence-electron chi connectivity index (χ2n) is 3.85. The van der Waals surface area contributed by atoms with Crippen molar-refractivity contribution < 1.29 is 20.1 Å². The summed E-state index contributed by atoms with van der Waals surface area (Å²) in [5.74, 6) is -1.15. The van der Waals surface area contributed by atoms with Crippen LogP contribution in [-0.4, -0.2) is 33.9 Å². The van der Waals surface area contributed by atoms with Gasteiger partial charge in [-0.25, -0.2) is 0 Å². The van der Waals surface area contributed by atoms with Gasteiger partial charge < -0.3 is 21.1 Å². The van der Waals surface area contributed by atoms with Crippen LogP contribution >= 0.6 is 0 Å². The number of carboxylic acids is 1. The number of benzene rings is 1. The Hall–Kier alpha value is -1.43. The lowest BCUT2D eigenvalue weighted by Crippen LogP contribution is -2.23. The zero-order valence-electron chi connectivity index (χ0n) is 9.41. The van der Waals surface area contributed by atoms with E-state index in [1.807, 2.05) is 6.07 Å². The second kappa shape index (κ2) is 6.34. The van der Waals surface area contributed by atoms with Crippen molar-refractivity contribution in [3.05, 3.63) is 35.4 Å². The Morgan fingerprint density at radius 3 is 2.53 bits per heavy atom. The largest absolute Gasteiger partial charge is 0.481 e. The first-order valence-corrected chi connectivity index (χ1v) is 5.42. The first kappa shape index (κ1) is 13.6. The van der Waals surface area contributed by atoms with Crippen LogP contribution in [0.3, 0.4) is 0 Å². The van der Waals surface area contributed by atoms with Crippen LogP contribution in [0.15, 0.2) is 24.3 Å². The van der Waals surface area contributed by atoms with Crippen molar-refractivity contribution in [3.8, 4) is 0 Å². The third kappa shape index (κ3) is 3.81. The fraction of sp³-hybridized carbons (Fsp3) is 0.417. The van der Waals surface area contributed by atoms with Gasteiger partial charge in [-0.05, 0) is 24.1 Å². The molecule has 0 bridgehead atoms. The van der Waals surface area contributed by atoms with E-state index in [4.69, 9.17) is 10.8 Å². The lowest BCUT2D eigenvalue weighted by Gasteiger charge is -2.19. The van der Waals surface area contributed by atoms with E-state index in [0.717, 1.165) is 5.56 Å². The van der Waals surface area contributed by atoms with E-state index in [-0.39, 0.29) is 0 Å². The van der Waals surface area contributed by atoms with E-state index in [1.165, 1.54) is 0 Å². The predicted octanol–water partition coefficient (Wildman–Crippen LogP) is 0.0568. The summed E-state index contributed by atoms with van der Waals surface area (Å²) in [5.41, 5.74) is 6.81. The molecule has 0 aliphatic carbocycles. The van der Waals surface area contributed by atoms with Gasteiger partial charge in [-0.2, -0.15) is 0 Å². The summed E-state index contributed by atoms with van der Waals surface area (Å²) in [5, 5.41) is 28.0. The van der Waals surface area contributed by atoms with E-state index in [9.17, 15) is 15.0 Å². The van der Waals surface area contributed by atoms with Gasteiger partial charge in [-0.15, -0.1) is 0 Å². The maximum absolute atomic E-state index is 10.5. The van der Waals surface area contributed by atoms with Gasteiger partial charge in [-0.3, -0.25) is 4.79 Å². The number of hydrogen-bond acceptors (Lipinski definition) is 4. The third-order valence-corrected chi connectivity index (χ3v) is 2.54. The molecule has 0 aliphatic rings. The topological polar surface area (TPSA) is 104 Å². The summed E-state index contributed by atoms with van der Waals surface area (Å²) >= 11 is 0. The molecule has 0 saturated carbocycles. The summed E-state index contributed by atoms with van der Waals surface area (Å²) in [4.78, 5) is 10.5. The molecule has 0 aromatic heterocycles. The number of nitrogens with two attached hydrogens (primary N) is 1. The van der Waals surface area contributed by atoms with Crippen molar-refractivity contribution in [1.29, 1.82) is 0 Å². The molecule has 0 fully saturated rings. The number of aliphatic hydroxyl groups is 2. The summed E-state index contributed by atoms with van der Waals surface area (Å²) < 4.78 is 0. The van der Waals surface area contributed by atoms with Crippen molar-refractivity contribution >= 4 is 5.97 Å². The minimum Gasteiger partial charge on any atom is -0.481 e. The van der Waals surface area contributed by atoms with E-state index in [2.05, 4.69) is 0 Å². The Bertz CT molecular complexity index is 381. The predicted molar refractivity (Wildman–Crippen MR) is 62.4 cm³/mol. The molecule has 0 saturated heterocycles. The summed E-state index contributed by atoms with van der Waals surface area (Å²) in [6, 6.07) is 7.01. The van der Waals surface area contributed by atoms with Crippen LogP contribution in [0.5, 0.6) is 0 Å². The molecule has 0 spiro atoms. The number of hydrogen-bond donors (Lipinski definition) is 4. The fourth-order valence-corrected chi connectivity index (χ4v) is 1.70. The van der Waals surface area contributed by atoms with Crippen LogP contribution in [-0.2, 0) is 11.2 Å². The molecule has 5 nitrogen and oxygen atoms in total. The van der Waals surface area contributed by atoms with Crippen LogP contribution in [0.4, 0.5) is 0 Å². The molecule has 5 N–H and O–H groups in total. The monoisotopic (exact) mass is 239 g/mol. The quantitative estimate of drug-likeness (QED) is 0.562. The molecule has 1 aromatic rings. The highest BCUT2D eigenvalue weighted by molar-refractivity contribution is 5.67. The molecule has 0 radical (unpaired) electrons. The van der Waals surface area contributed by atoms with Crippen molar-refractivity contribution in [2.45, 2.75) is 25.0 Å². The maximum atomic E-state index is 10.5. The van der Waals surface area contributed by atoms with E-state index in [0.29, 0.717) is 18.5 Å². The maximum Gasteiger partial charge on any atom is 0.306 e. The van der Waals surface area contributed by atoms with Gasteiger partial charge in [0.15, 0.2) is 0 Å². The minimum absolute atomic E-state index is 0.429. The summed E-state index contributed by atoms with van der Waals surface area (Å²) in [6.07, 6.45) is -2.43. The van der Waals surface area contributed by atoms with Gasteiger partial charge in [-0.1, -0.05) is 24.3 Å². The Labute approximate surface area is 99.5 Å². The molecular formula is C12H17NO4. The van der Waals surface area contributed by atoms with Crippen molar-refractivity contribution in [1.82, 2.24) is 0 Å². The highest BCUT2D eigenvalue weighted by Gasteiger charge is 2.22. The van der Waals surface area contributed by atoms with Crippen LogP contribution in [0, 0.1) is 0 Å². The van der Waals surface area contributed by atoms with Crippen LogP contribution in [0.1, 0.15) is 23.7 Å². The zero-order valence-corrected chi connectivity index (χ0v) is 9.41. The van der Waals surface area contributed by atoms with Crippen LogP contribution < -0.4 is 5.73 Å². The van der Waals surface area contributed by atoms with Crippen molar-refractivity contribution in [3.63, 3.8) is 0 Å². The molecule has 2 atom stereocenters. The smallest absolute Gasteiger partial charge is 0.306 e. The number of aliphatic carboxylic acids is 1. The third-order valence-electron chi connectivity index (χ3n) is 2.54. The van der Waals surface area contributed by atoms with Gasteiger partial charge in [0.05, 0.1) is 12.5 Å². The number of rotatable bonds is 6. The Balaban J connectivity index is 2.86. The average Bonchev–Trinajstić information content (AvgIpc) is 2.28. The molecule has 2 unspecified atom stereocenters. The molecule has 1 rings (SSSR count).